The molecule has 0 bridgehead atoms. The predicted octanol–water partition coefficient (Wildman–Crippen LogP) is 3.31. The Bertz CT molecular complexity index is 522. The molecule has 0 spiro atoms. The smallest absolute Gasteiger partial charge is 0.220 e. The van der Waals surface area contributed by atoms with E-state index in [0.29, 0.717) is 13.0 Å². The summed E-state index contributed by atoms with van der Waals surface area (Å²) in [5.74, 6) is 0.159. The number of nitrogens with one attached hydrogen (secondary N) is 2. The lowest BCUT2D eigenvalue weighted by Crippen LogP contribution is -2.38. The van der Waals surface area contributed by atoms with E-state index < -0.39 is 0 Å². The van der Waals surface area contributed by atoms with E-state index in [1.165, 1.54) is 25.3 Å². The van der Waals surface area contributed by atoms with E-state index in [9.17, 15) is 9.59 Å². The molecule has 0 aromatic heterocycles. The molecular weight excluding hydrogens is 300 g/mol. The van der Waals surface area contributed by atoms with Gasteiger partial charge in [0.15, 0.2) is 0 Å². The first-order chi connectivity index (χ1) is 11.6. The average Bonchev–Trinajstić information content (AvgIpc) is 3.07. The van der Waals surface area contributed by atoms with Gasteiger partial charge in [0.05, 0.1) is 0 Å². The third kappa shape index (κ3) is 5.66. The molecule has 132 valence electrons. The van der Waals surface area contributed by atoms with Gasteiger partial charge < -0.3 is 10.6 Å². The molecule has 0 saturated heterocycles. The zero-order valence-electron chi connectivity index (χ0n) is 14.8. The summed E-state index contributed by atoms with van der Waals surface area (Å²) in [5.41, 5.74) is 1.49. The van der Waals surface area contributed by atoms with Crippen LogP contribution in [0.4, 0.5) is 0 Å². The second kappa shape index (κ2) is 9.45. The minimum atomic E-state index is 0.00974. The molecule has 1 saturated carbocycles. The van der Waals surface area contributed by atoms with Gasteiger partial charge in [0, 0.05) is 31.8 Å². The number of amides is 2. The molecular formula is C20H30N2O2. The molecule has 4 heteroatoms. The van der Waals surface area contributed by atoms with Crippen molar-refractivity contribution in [2.45, 2.75) is 63.7 Å². The summed E-state index contributed by atoms with van der Waals surface area (Å²) in [6.07, 6.45) is 8.16. The van der Waals surface area contributed by atoms with Crippen LogP contribution in [-0.4, -0.2) is 24.9 Å². The van der Waals surface area contributed by atoms with Gasteiger partial charge in [0.25, 0.3) is 0 Å². The molecule has 1 aliphatic rings. The van der Waals surface area contributed by atoms with Crippen LogP contribution < -0.4 is 10.6 Å². The summed E-state index contributed by atoms with van der Waals surface area (Å²) in [7, 11) is 0. The van der Waals surface area contributed by atoms with Crippen molar-refractivity contribution >= 4 is 11.8 Å². The molecule has 2 amide bonds. The molecule has 1 aliphatic carbocycles. The van der Waals surface area contributed by atoms with Gasteiger partial charge in [0.2, 0.25) is 11.8 Å². The largest absolute Gasteiger partial charge is 0.356 e. The Balaban J connectivity index is 1.71. The number of benzene rings is 1. The molecule has 2 N–H and O–H groups in total. The van der Waals surface area contributed by atoms with Gasteiger partial charge >= 0.3 is 0 Å². The number of hydrogen-bond donors (Lipinski definition) is 2. The quantitative estimate of drug-likeness (QED) is 0.683. The lowest BCUT2D eigenvalue weighted by Gasteiger charge is -2.30. The van der Waals surface area contributed by atoms with Gasteiger partial charge in [-0.25, -0.2) is 0 Å². The molecule has 0 aliphatic heterocycles. The van der Waals surface area contributed by atoms with E-state index in [1.807, 2.05) is 6.07 Å². The maximum Gasteiger partial charge on any atom is 0.220 e. The molecule has 1 aromatic rings. The zero-order chi connectivity index (χ0) is 17.3. The summed E-state index contributed by atoms with van der Waals surface area (Å²) in [4.78, 5) is 22.9. The maximum atomic E-state index is 12.1. The summed E-state index contributed by atoms with van der Waals surface area (Å²) < 4.78 is 0. The van der Waals surface area contributed by atoms with Crippen LogP contribution in [0.3, 0.4) is 0 Å². The van der Waals surface area contributed by atoms with E-state index in [2.05, 4.69) is 34.9 Å². The molecule has 1 aromatic carbocycles. The third-order valence-corrected chi connectivity index (χ3v) is 5.03. The van der Waals surface area contributed by atoms with Gasteiger partial charge in [-0.15, -0.1) is 0 Å². The van der Waals surface area contributed by atoms with Crippen molar-refractivity contribution in [2.75, 3.05) is 13.1 Å². The summed E-state index contributed by atoms with van der Waals surface area (Å²) in [6, 6.07) is 10.6. The van der Waals surface area contributed by atoms with Crippen molar-refractivity contribution in [3.05, 3.63) is 35.9 Å². The van der Waals surface area contributed by atoms with Crippen molar-refractivity contribution in [1.29, 1.82) is 0 Å². The molecule has 0 heterocycles. The Labute approximate surface area is 145 Å². The highest BCUT2D eigenvalue weighted by Gasteiger charge is 2.35. The lowest BCUT2D eigenvalue weighted by atomic mass is 9.79. The Morgan fingerprint density at radius 3 is 2.38 bits per heavy atom. The van der Waals surface area contributed by atoms with E-state index in [1.54, 1.807) is 0 Å². The topological polar surface area (TPSA) is 58.2 Å². The van der Waals surface area contributed by atoms with Crippen LogP contribution in [0.2, 0.25) is 0 Å². The third-order valence-electron chi connectivity index (χ3n) is 5.03. The molecule has 0 radical (unpaired) electrons. The Morgan fingerprint density at radius 2 is 1.71 bits per heavy atom. The fourth-order valence-electron chi connectivity index (χ4n) is 3.62. The van der Waals surface area contributed by atoms with Crippen molar-refractivity contribution in [1.82, 2.24) is 10.6 Å². The summed E-state index contributed by atoms with van der Waals surface area (Å²) in [6.45, 7) is 2.98. The van der Waals surface area contributed by atoms with Crippen LogP contribution in [-0.2, 0) is 15.0 Å². The second-order valence-electron chi connectivity index (χ2n) is 6.92. The van der Waals surface area contributed by atoms with Crippen molar-refractivity contribution < 1.29 is 9.59 Å². The summed E-state index contributed by atoms with van der Waals surface area (Å²) in [5, 5.41) is 5.94. The molecule has 0 unspecified atom stereocenters. The van der Waals surface area contributed by atoms with Gasteiger partial charge in [-0.05, 0) is 31.2 Å². The van der Waals surface area contributed by atoms with Crippen molar-refractivity contribution in [3.63, 3.8) is 0 Å². The Morgan fingerprint density at radius 1 is 1.00 bits per heavy atom. The van der Waals surface area contributed by atoms with Gasteiger partial charge in [0.1, 0.15) is 0 Å². The number of rotatable bonds is 9. The van der Waals surface area contributed by atoms with Gasteiger partial charge in [-0.2, -0.15) is 0 Å². The van der Waals surface area contributed by atoms with Crippen LogP contribution in [0.5, 0.6) is 0 Å². The fourth-order valence-corrected chi connectivity index (χ4v) is 3.62. The number of unbranched alkanes of at least 4 members (excludes halogenated alkanes) is 2. The Hall–Kier alpha value is -1.84. The lowest BCUT2D eigenvalue weighted by molar-refractivity contribution is -0.121. The molecule has 4 nitrogen and oxygen atoms in total. The van der Waals surface area contributed by atoms with Crippen molar-refractivity contribution in [3.8, 4) is 0 Å². The molecule has 2 rings (SSSR count). The van der Waals surface area contributed by atoms with Crippen LogP contribution >= 0.6 is 0 Å². The first-order valence-electron chi connectivity index (χ1n) is 9.19. The van der Waals surface area contributed by atoms with E-state index in [-0.39, 0.29) is 17.2 Å². The number of carbonyl (C=O) groups excluding carboxylic acids is 2. The van der Waals surface area contributed by atoms with E-state index in [0.717, 1.165) is 38.6 Å². The monoisotopic (exact) mass is 330 g/mol. The van der Waals surface area contributed by atoms with Gasteiger partial charge in [-0.1, -0.05) is 49.6 Å². The van der Waals surface area contributed by atoms with Crippen LogP contribution in [0.15, 0.2) is 30.3 Å². The van der Waals surface area contributed by atoms with Crippen LogP contribution in [0.25, 0.3) is 0 Å². The zero-order valence-corrected chi connectivity index (χ0v) is 14.8. The maximum absolute atomic E-state index is 12.1. The van der Waals surface area contributed by atoms with Crippen molar-refractivity contribution in [2.24, 2.45) is 0 Å². The minimum Gasteiger partial charge on any atom is -0.356 e. The highest BCUT2D eigenvalue weighted by molar-refractivity contribution is 5.76. The highest BCUT2D eigenvalue weighted by atomic mass is 16.2. The Kier molecular flexibility index (Phi) is 7.29. The fraction of sp³-hybridized carbons (Fsp3) is 0.600. The normalized spacial score (nSPS) is 15.9. The molecule has 24 heavy (non-hydrogen) atoms. The standard InChI is InChI=1S/C20H30N2O2/c1-17(23)21-15-9-3-6-12-19(24)22-16-20(13-7-8-14-20)18-10-4-2-5-11-18/h2,4-5,10-11H,3,6-9,12-16H2,1H3,(H,21,23)(H,22,24). The predicted molar refractivity (Wildman–Crippen MR) is 96.7 cm³/mol. The van der Waals surface area contributed by atoms with E-state index in [4.69, 9.17) is 0 Å². The SMILES string of the molecule is CC(=O)NCCCCCC(=O)NCC1(c2ccccc2)CCCC1. The number of carbonyl (C=O) groups is 2. The first-order valence-corrected chi connectivity index (χ1v) is 9.19. The van der Waals surface area contributed by atoms with Crippen LogP contribution in [0, 0.1) is 0 Å². The molecule has 0 atom stereocenters. The number of hydrogen-bond acceptors (Lipinski definition) is 2. The van der Waals surface area contributed by atoms with Gasteiger partial charge in [-0.3, -0.25) is 9.59 Å². The second-order valence-corrected chi connectivity index (χ2v) is 6.92. The van der Waals surface area contributed by atoms with Crippen LogP contribution in [0.1, 0.15) is 63.9 Å². The summed E-state index contributed by atoms with van der Waals surface area (Å²) >= 11 is 0. The average molecular weight is 330 g/mol. The first kappa shape index (κ1) is 18.5. The highest BCUT2D eigenvalue weighted by Crippen LogP contribution is 2.40. The molecule has 1 fully saturated rings. The van der Waals surface area contributed by atoms with E-state index >= 15 is 0 Å². The minimum absolute atomic E-state index is 0.00974.